The molecule has 0 saturated carbocycles. The summed E-state index contributed by atoms with van der Waals surface area (Å²) >= 11 is 0. The molecule has 0 aliphatic carbocycles. The lowest BCUT2D eigenvalue weighted by atomic mass is 10.2. The maximum atomic E-state index is 12.0. The van der Waals surface area contributed by atoms with Crippen LogP contribution < -0.4 is 0 Å². The van der Waals surface area contributed by atoms with Crippen LogP contribution in [0.15, 0.2) is 24.4 Å². The average Bonchev–Trinajstić information content (AvgIpc) is 2.41. The predicted molar refractivity (Wildman–Crippen MR) is 71.4 cm³/mol. The van der Waals surface area contributed by atoms with Crippen LogP contribution >= 0.6 is 0 Å². The fraction of sp³-hybridized carbons (Fsp3) is 0.500. The van der Waals surface area contributed by atoms with Crippen LogP contribution in [-0.4, -0.2) is 33.4 Å². The van der Waals surface area contributed by atoms with Crippen LogP contribution in [0.1, 0.15) is 38.3 Å². The predicted octanol–water partition coefficient (Wildman–Crippen LogP) is 2.08. The normalized spacial score (nSPS) is 10.2. The van der Waals surface area contributed by atoms with Gasteiger partial charge in [0.15, 0.2) is 0 Å². The summed E-state index contributed by atoms with van der Waals surface area (Å²) in [5, 5.41) is 8.73. The first-order valence-electron chi connectivity index (χ1n) is 6.53. The van der Waals surface area contributed by atoms with Gasteiger partial charge in [-0.25, -0.2) is 0 Å². The number of unbranched alkanes of at least 4 members (excludes halogenated alkanes) is 1. The Balaban J connectivity index is 2.62. The van der Waals surface area contributed by atoms with E-state index in [1.807, 2.05) is 25.1 Å². The summed E-state index contributed by atoms with van der Waals surface area (Å²) in [6.45, 7) is 2.62. The van der Waals surface area contributed by atoms with Crippen molar-refractivity contribution in [3.63, 3.8) is 0 Å². The van der Waals surface area contributed by atoms with Crippen LogP contribution in [0.25, 0.3) is 0 Å². The molecule has 1 N–H and O–H groups in total. The van der Waals surface area contributed by atoms with E-state index in [1.54, 1.807) is 11.1 Å². The minimum Gasteiger partial charge on any atom is -0.481 e. The van der Waals surface area contributed by atoms with Crippen molar-refractivity contribution in [2.75, 3.05) is 6.54 Å². The third-order valence-electron chi connectivity index (χ3n) is 2.77. The molecule has 1 amide bonds. The molecule has 1 heterocycles. The van der Waals surface area contributed by atoms with Gasteiger partial charge in [-0.1, -0.05) is 19.4 Å². The van der Waals surface area contributed by atoms with E-state index < -0.39 is 5.97 Å². The third-order valence-corrected chi connectivity index (χ3v) is 2.77. The topological polar surface area (TPSA) is 70.5 Å². The number of carbonyl (C=O) groups is 2. The van der Waals surface area contributed by atoms with Crippen molar-refractivity contribution in [3.8, 4) is 0 Å². The summed E-state index contributed by atoms with van der Waals surface area (Å²) in [5.74, 6) is -0.900. The van der Waals surface area contributed by atoms with Crippen molar-refractivity contribution in [2.24, 2.45) is 0 Å². The van der Waals surface area contributed by atoms with Crippen molar-refractivity contribution >= 4 is 11.9 Å². The van der Waals surface area contributed by atoms with Crippen molar-refractivity contribution < 1.29 is 14.7 Å². The fourth-order valence-corrected chi connectivity index (χ4v) is 1.70. The standard InChI is InChI=1S/C14H20N2O3/c1-2-3-7-13(17)16(10-8-14(18)19)11-12-6-4-5-9-15-12/h4-6,9H,2-3,7-8,10-11H2,1H3,(H,18,19). The van der Waals surface area contributed by atoms with Crippen LogP contribution in [0, 0.1) is 0 Å². The minimum absolute atomic E-state index is 0.00578. The first-order chi connectivity index (χ1) is 9.13. The molecule has 0 spiro atoms. The van der Waals surface area contributed by atoms with Crippen LogP contribution in [0.3, 0.4) is 0 Å². The summed E-state index contributed by atoms with van der Waals surface area (Å²) in [5.41, 5.74) is 0.776. The molecule has 0 radical (unpaired) electrons. The molecule has 1 aromatic rings. The number of nitrogens with zero attached hydrogens (tertiary/aromatic N) is 2. The zero-order chi connectivity index (χ0) is 14.1. The van der Waals surface area contributed by atoms with E-state index in [-0.39, 0.29) is 18.9 Å². The van der Waals surface area contributed by atoms with Gasteiger partial charge in [-0.15, -0.1) is 0 Å². The number of carboxylic acid groups (broad SMARTS) is 1. The number of pyridine rings is 1. The van der Waals surface area contributed by atoms with E-state index in [0.717, 1.165) is 18.5 Å². The average molecular weight is 264 g/mol. The highest BCUT2D eigenvalue weighted by Crippen LogP contribution is 2.07. The summed E-state index contributed by atoms with van der Waals surface area (Å²) in [6, 6.07) is 5.50. The number of aromatic nitrogens is 1. The summed E-state index contributed by atoms with van der Waals surface area (Å²) in [4.78, 5) is 28.4. The summed E-state index contributed by atoms with van der Waals surface area (Å²) < 4.78 is 0. The number of aliphatic carboxylic acids is 1. The zero-order valence-electron chi connectivity index (χ0n) is 11.2. The molecule has 0 aromatic carbocycles. The second-order valence-corrected chi connectivity index (χ2v) is 4.38. The second-order valence-electron chi connectivity index (χ2n) is 4.38. The van der Waals surface area contributed by atoms with Gasteiger partial charge in [0.05, 0.1) is 18.7 Å². The number of amides is 1. The number of hydrogen-bond acceptors (Lipinski definition) is 3. The molecule has 1 aromatic heterocycles. The Bertz CT molecular complexity index is 406. The Morgan fingerprint density at radius 3 is 2.68 bits per heavy atom. The number of rotatable bonds is 8. The molecule has 1 rings (SSSR count). The molecule has 0 bridgehead atoms. The van der Waals surface area contributed by atoms with E-state index in [2.05, 4.69) is 4.98 Å². The van der Waals surface area contributed by atoms with Crippen molar-refractivity contribution in [1.29, 1.82) is 0 Å². The SMILES string of the molecule is CCCCC(=O)N(CCC(=O)O)Cc1ccccn1. The number of carboxylic acids is 1. The van der Waals surface area contributed by atoms with Gasteiger partial charge in [-0.2, -0.15) is 0 Å². The van der Waals surface area contributed by atoms with Crippen LogP contribution in [0.2, 0.25) is 0 Å². The smallest absolute Gasteiger partial charge is 0.305 e. The first-order valence-corrected chi connectivity index (χ1v) is 6.53. The number of hydrogen-bond donors (Lipinski definition) is 1. The quantitative estimate of drug-likeness (QED) is 0.780. The van der Waals surface area contributed by atoms with E-state index in [1.165, 1.54) is 0 Å². The summed E-state index contributed by atoms with van der Waals surface area (Å²) in [6.07, 6.45) is 3.86. The van der Waals surface area contributed by atoms with Gasteiger partial charge in [0.2, 0.25) is 5.91 Å². The Morgan fingerprint density at radius 1 is 1.32 bits per heavy atom. The Morgan fingerprint density at radius 2 is 2.11 bits per heavy atom. The zero-order valence-corrected chi connectivity index (χ0v) is 11.2. The van der Waals surface area contributed by atoms with Crippen molar-refractivity contribution in [2.45, 2.75) is 39.2 Å². The molecule has 104 valence electrons. The van der Waals surface area contributed by atoms with Gasteiger partial charge >= 0.3 is 5.97 Å². The molecular formula is C14H20N2O3. The van der Waals surface area contributed by atoms with E-state index >= 15 is 0 Å². The van der Waals surface area contributed by atoms with E-state index in [9.17, 15) is 9.59 Å². The highest BCUT2D eigenvalue weighted by Gasteiger charge is 2.15. The van der Waals surface area contributed by atoms with Crippen LogP contribution in [0.5, 0.6) is 0 Å². The first kappa shape index (κ1) is 15.1. The molecular weight excluding hydrogens is 244 g/mol. The highest BCUT2D eigenvalue weighted by atomic mass is 16.4. The maximum Gasteiger partial charge on any atom is 0.305 e. The largest absolute Gasteiger partial charge is 0.481 e. The lowest BCUT2D eigenvalue weighted by Gasteiger charge is -2.21. The molecule has 0 fully saturated rings. The van der Waals surface area contributed by atoms with Gasteiger partial charge in [0.25, 0.3) is 0 Å². The lowest BCUT2D eigenvalue weighted by molar-refractivity contribution is -0.138. The van der Waals surface area contributed by atoms with Gasteiger partial charge in [-0.3, -0.25) is 14.6 Å². The van der Waals surface area contributed by atoms with Gasteiger partial charge in [0, 0.05) is 19.2 Å². The molecule has 5 nitrogen and oxygen atoms in total. The third kappa shape index (κ3) is 5.99. The van der Waals surface area contributed by atoms with Gasteiger partial charge < -0.3 is 10.0 Å². The molecule has 0 unspecified atom stereocenters. The number of carbonyl (C=O) groups excluding carboxylic acids is 1. The lowest BCUT2D eigenvalue weighted by Crippen LogP contribution is -2.32. The Kier molecular flexibility index (Phi) is 6.57. The van der Waals surface area contributed by atoms with Crippen LogP contribution in [-0.2, 0) is 16.1 Å². The highest BCUT2D eigenvalue weighted by molar-refractivity contribution is 5.77. The molecule has 0 aliphatic heterocycles. The van der Waals surface area contributed by atoms with E-state index in [0.29, 0.717) is 13.0 Å². The summed E-state index contributed by atoms with van der Waals surface area (Å²) in [7, 11) is 0. The van der Waals surface area contributed by atoms with Gasteiger partial charge in [0.1, 0.15) is 0 Å². The van der Waals surface area contributed by atoms with Crippen LogP contribution in [0.4, 0.5) is 0 Å². The van der Waals surface area contributed by atoms with Gasteiger partial charge in [-0.05, 0) is 18.6 Å². The molecule has 0 aliphatic rings. The molecule has 5 heteroatoms. The maximum absolute atomic E-state index is 12.0. The molecule has 19 heavy (non-hydrogen) atoms. The van der Waals surface area contributed by atoms with Crippen molar-refractivity contribution in [3.05, 3.63) is 30.1 Å². The second kappa shape index (κ2) is 8.24. The minimum atomic E-state index is -0.894. The molecule has 0 saturated heterocycles. The van der Waals surface area contributed by atoms with Crippen molar-refractivity contribution in [1.82, 2.24) is 9.88 Å². The Hall–Kier alpha value is -1.91. The monoisotopic (exact) mass is 264 g/mol. The Labute approximate surface area is 113 Å². The van der Waals surface area contributed by atoms with E-state index in [4.69, 9.17) is 5.11 Å². The fourth-order valence-electron chi connectivity index (χ4n) is 1.70. The molecule has 0 atom stereocenters.